The summed E-state index contributed by atoms with van der Waals surface area (Å²) in [5.41, 5.74) is 4.93. The van der Waals surface area contributed by atoms with Crippen LogP contribution in [0.3, 0.4) is 0 Å². The lowest BCUT2D eigenvalue weighted by molar-refractivity contribution is 0.681. The van der Waals surface area contributed by atoms with Crippen molar-refractivity contribution >= 4 is 0 Å². The molecule has 0 radical (unpaired) electrons. The first-order valence-electron chi connectivity index (χ1n) is 5.90. The fourth-order valence-electron chi connectivity index (χ4n) is 2.32. The number of fused-ring (bicyclic) bond motifs is 1. The second kappa shape index (κ2) is 4.31. The van der Waals surface area contributed by atoms with Gasteiger partial charge in [-0.3, -0.25) is 0 Å². The minimum absolute atomic E-state index is 0.823. The van der Waals surface area contributed by atoms with Crippen LogP contribution in [0, 0.1) is 0 Å². The van der Waals surface area contributed by atoms with Gasteiger partial charge >= 0.3 is 0 Å². The quantitative estimate of drug-likeness (QED) is 0.829. The molecule has 0 saturated carbocycles. The summed E-state index contributed by atoms with van der Waals surface area (Å²) in [6.07, 6.45) is 0. The van der Waals surface area contributed by atoms with E-state index in [1.807, 2.05) is 25.2 Å². The van der Waals surface area contributed by atoms with Crippen LogP contribution in [0.2, 0.25) is 0 Å². The summed E-state index contributed by atoms with van der Waals surface area (Å²) >= 11 is 0. The van der Waals surface area contributed by atoms with Gasteiger partial charge in [-0.2, -0.15) is 5.10 Å². The number of nitrogens with zero attached hydrogens (tertiary/aromatic N) is 2. The highest BCUT2D eigenvalue weighted by molar-refractivity contribution is 5.39. The fraction of sp³-hybridized carbons (Fsp3) is 0.308. The zero-order valence-electron chi connectivity index (χ0n) is 9.90. The summed E-state index contributed by atoms with van der Waals surface area (Å²) in [4.78, 5) is 0. The Bertz CT molecular complexity index is 516. The van der Waals surface area contributed by atoms with E-state index < -0.39 is 0 Å². The molecular formula is C13H16N4. The molecule has 17 heavy (non-hydrogen) atoms. The average molecular weight is 228 g/mol. The monoisotopic (exact) mass is 228 g/mol. The van der Waals surface area contributed by atoms with Crippen molar-refractivity contribution in [2.75, 3.05) is 7.05 Å². The predicted octanol–water partition coefficient (Wildman–Crippen LogP) is 1.19. The van der Waals surface area contributed by atoms with E-state index >= 15 is 0 Å². The van der Waals surface area contributed by atoms with Gasteiger partial charge in [-0.15, -0.1) is 0 Å². The van der Waals surface area contributed by atoms with E-state index in [1.165, 1.54) is 11.3 Å². The van der Waals surface area contributed by atoms with E-state index in [1.54, 1.807) is 0 Å². The molecule has 88 valence electrons. The van der Waals surface area contributed by atoms with E-state index in [4.69, 9.17) is 5.10 Å². The molecule has 0 spiro atoms. The van der Waals surface area contributed by atoms with Gasteiger partial charge in [-0.1, -0.05) is 18.2 Å². The minimum atomic E-state index is 0.823. The largest absolute Gasteiger partial charge is 0.314 e. The molecule has 3 rings (SSSR count). The number of aromatic nitrogens is 2. The minimum Gasteiger partial charge on any atom is -0.314 e. The van der Waals surface area contributed by atoms with Crippen LogP contribution >= 0.6 is 0 Å². The topological polar surface area (TPSA) is 41.9 Å². The van der Waals surface area contributed by atoms with E-state index in [9.17, 15) is 0 Å². The average Bonchev–Trinajstić information content (AvgIpc) is 2.94. The molecule has 2 heterocycles. The van der Waals surface area contributed by atoms with E-state index in [2.05, 4.69) is 27.4 Å². The molecule has 0 amide bonds. The number of para-hydroxylation sites is 1. The van der Waals surface area contributed by atoms with Crippen molar-refractivity contribution in [1.29, 1.82) is 0 Å². The lowest BCUT2D eigenvalue weighted by atomic mass is 10.2. The van der Waals surface area contributed by atoms with Gasteiger partial charge in [0, 0.05) is 25.2 Å². The molecular weight excluding hydrogens is 212 g/mol. The van der Waals surface area contributed by atoms with Crippen molar-refractivity contribution in [2.24, 2.45) is 0 Å². The molecule has 2 aromatic rings. The summed E-state index contributed by atoms with van der Waals surface area (Å²) < 4.78 is 2.06. The Morgan fingerprint density at radius 2 is 2.12 bits per heavy atom. The molecule has 1 aromatic heterocycles. The molecule has 0 unspecified atom stereocenters. The molecule has 0 saturated heterocycles. The van der Waals surface area contributed by atoms with Gasteiger partial charge in [-0.05, 0) is 19.2 Å². The van der Waals surface area contributed by atoms with E-state index in [0.29, 0.717) is 0 Å². The smallest absolute Gasteiger partial charge is 0.0815 e. The molecule has 4 heteroatoms. The molecule has 0 fully saturated rings. The Kier molecular flexibility index (Phi) is 2.66. The van der Waals surface area contributed by atoms with Gasteiger partial charge in [-0.25, -0.2) is 4.68 Å². The number of nitrogens with one attached hydrogen (secondary N) is 2. The molecule has 0 aliphatic carbocycles. The zero-order chi connectivity index (χ0) is 11.7. The van der Waals surface area contributed by atoms with Crippen LogP contribution in [0.15, 0.2) is 30.3 Å². The van der Waals surface area contributed by atoms with E-state index in [-0.39, 0.29) is 0 Å². The Morgan fingerprint density at radius 1 is 1.29 bits per heavy atom. The third-order valence-corrected chi connectivity index (χ3v) is 3.11. The van der Waals surface area contributed by atoms with Gasteiger partial charge in [0.15, 0.2) is 0 Å². The molecule has 4 nitrogen and oxygen atoms in total. The lowest BCUT2D eigenvalue weighted by Gasteiger charge is -2.04. The highest BCUT2D eigenvalue weighted by Crippen LogP contribution is 2.22. The van der Waals surface area contributed by atoms with Crippen LogP contribution in [0.1, 0.15) is 17.0 Å². The van der Waals surface area contributed by atoms with Crippen LogP contribution < -0.4 is 10.6 Å². The van der Waals surface area contributed by atoms with Crippen molar-refractivity contribution in [3.05, 3.63) is 47.3 Å². The molecule has 0 bridgehead atoms. The molecule has 2 N–H and O–H groups in total. The lowest BCUT2D eigenvalue weighted by Crippen LogP contribution is -2.11. The fourth-order valence-corrected chi connectivity index (χ4v) is 2.32. The Labute approximate surface area is 101 Å². The number of hydrogen-bond acceptors (Lipinski definition) is 3. The first-order valence-corrected chi connectivity index (χ1v) is 5.90. The summed E-state index contributed by atoms with van der Waals surface area (Å²) in [5.74, 6) is 0. The zero-order valence-corrected chi connectivity index (χ0v) is 9.90. The molecule has 1 aromatic carbocycles. The van der Waals surface area contributed by atoms with Gasteiger partial charge in [0.05, 0.1) is 17.1 Å². The van der Waals surface area contributed by atoms with Crippen molar-refractivity contribution in [2.45, 2.75) is 19.6 Å². The van der Waals surface area contributed by atoms with Gasteiger partial charge < -0.3 is 10.6 Å². The molecule has 1 aliphatic rings. The standard InChI is InChI=1S/C13H16N4/c1-14-8-12-11-7-15-9-13(11)17(16-12)10-5-3-2-4-6-10/h2-6,14-15H,7-9H2,1H3. The summed E-state index contributed by atoms with van der Waals surface area (Å²) in [5, 5.41) is 11.3. The van der Waals surface area contributed by atoms with Gasteiger partial charge in [0.2, 0.25) is 0 Å². The van der Waals surface area contributed by atoms with Crippen LogP contribution in [0.25, 0.3) is 5.69 Å². The van der Waals surface area contributed by atoms with Crippen LogP contribution in [-0.2, 0) is 19.6 Å². The summed E-state index contributed by atoms with van der Waals surface area (Å²) in [6.45, 7) is 2.66. The Hall–Kier alpha value is -1.65. The van der Waals surface area contributed by atoms with Crippen molar-refractivity contribution < 1.29 is 0 Å². The van der Waals surface area contributed by atoms with Crippen molar-refractivity contribution in [3.63, 3.8) is 0 Å². The summed E-state index contributed by atoms with van der Waals surface area (Å²) in [7, 11) is 1.95. The maximum atomic E-state index is 4.71. The van der Waals surface area contributed by atoms with Crippen LogP contribution in [0.5, 0.6) is 0 Å². The number of rotatable bonds is 3. The maximum absolute atomic E-state index is 4.71. The highest BCUT2D eigenvalue weighted by Gasteiger charge is 2.21. The first-order chi connectivity index (χ1) is 8.40. The second-order valence-electron chi connectivity index (χ2n) is 4.25. The SMILES string of the molecule is CNCc1nn(-c2ccccc2)c2c1CNC2. The summed E-state index contributed by atoms with van der Waals surface area (Å²) in [6, 6.07) is 10.3. The van der Waals surface area contributed by atoms with Crippen molar-refractivity contribution in [1.82, 2.24) is 20.4 Å². The highest BCUT2D eigenvalue weighted by atomic mass is 15.3. The second-order valence-corrected chi connectivity index (χ2v) is 4.25. The molecule has 1 aliphatic heterocycles. The van der Waals surface area contributed by atoms with E-state index in [0.717, 1.165) is 31.0 Å². The third-order valence-electron chi connectivity index (χ3n) is 3.11. The van der Waals surface area contributed by atoms with Gasteiger partial charge in [0.1, 0.15) is 0 Å². The van der Waals surface area contributed by atoms with Crippen molar-refractivity contribution in [3.8, 4) is 5.69 Å². The maximum Gasteiger partial charge on any atom is 0.0815 e. The first kappa shape index (κ1) is 10.5. The normalized spacial score (nSPS) is 13.9. The number of benzene rings is 1. The predicted molar refractivity (Wildman–Crippen MR) is 66.9 cm³/mol. The Balaban J connectivity index is 2.09. The van der Waals surface area contributed by atoms with Gasteiger partial charge in [0.25, 0.3) is 0 Å². The third kappa shape index (κ3) is 1.75. The molecule has 0 atom stereocenters. The van der Waals surface area contributed by atoms with Crippen LogP contribution in [-0.4, -0.2) is 16.8 Å². The Morgan fingerprint density at radius 3 is 2.88 bits per heavy atom. The van der Waals surface area contributed by atoms with Crippen LogP contribution in [0.4, 0.5) is 0 Å². The number of hydrogen-bond donors (Lipinski definition) is 2.